The van der Waals surface area contributed by atoms with Crippen molar-refractivity contribution in [3.8, 4) is 0 Å². The monoisotopic (exact) mass is 427 g/mol. The molecule has 2 atom stereocenters. The van der Waals surface area contributed by atoms with Crippen molar-refractivity contribution in [1.29, 1.82) is 0 Å². The third-order valence-corrected chi connectivity index (χ3v) is 6.18. The lowest BCUT2D eigenvalue weighted by molar-refractivity contribution is -0.0992. The summed E-state index contributed by atoms with van der Waals surface area (Å²) in [5.74, 6) is -0.519. The Labute approximate surface area is 178 Å². The fourth-order valence-electron chi connectivity index (χ4n) is 4.46. The van der Waals surface area contributed by atoms with E-state index in [2.05, 4.69) is 4.98 Å². The van der Waals surface area contributed by atoms with Crippen molar-refractivity contribution >= 4 is 16.7 Å². The first-order chi connectivity index (χ1) is 14.9. The molecule has 2 aromatic carbocycles. The lowest BCUT2D eigenvalue weighted by Crippen LogP contribution is -2.42. The summed E-state index contributed by atoms with van der Waals surface area (Å²) in [5, 5.41) is 11.9. The van der Waals surface area contributed by atoms with Crippen LogP contribution in [0.25, 0.3) is 10.9 Å². The number of fused-ring (bicyclic) bond motifs is 3. The summed E-state index contributed by atoms with van der Waals surface area (Å²) in [6.45, 7) is 3.56. The molecule has 2 aliphatic heterocycles. The van der Waals surface area contributed by atoms with Crippen LogP contribution in [0.3, 0.4) is 0 Å². The second-order valence-electron chi connectivity index (χ2n) is 8.05. The van der Waals surface area contributed by atoms with Gasteiger partial charge in [-0.3, -0.25) is 4.90 Å². The number of hydrogen-bond donors (Lipinski definition) is 2. The number of nitrogen functional groups attached to an aromatic ring is 1. The number of nitrogens with two attached hydrogens (primary N) is 1. The van der Waals surface area contributed by atoms with Gasteiger partial charge in [0.25, 0.3) is 0 Å². The molecule has 1 aromatic heterocycles. The summed E-state index contributed by atoms with van der Waals surface area (Å²) >= 11 is 0. The van der Waals surface area contributed by atoms with Crippen molar-refractivity contribution in [3.05, 3.63) is 69.8 Å². The minimum absolute atomic E-state index is 0.152. The van der Waals surface area contributed by atoms with Crippen LogP contribution in [0.15, 0.2) is 30.3 Å². The van der Waals surface area contributed by atoms with Gasteiger partial charge in [-0.1, -0.05) is 12.1 Å². The molecule has 0 amide bonds. The van der Waals surface area contributed by atoms with Crippen LogP contribution in [0.4, 0.5) is 14.6 Å². The van der Waals surface area contributed by atoms with E-state index in [1.807, 2.05) is 0 Å². The zero-order valence-corrected chi connectivity index (χ0v) is 17.1. The van der Waals surface area contributed by atoms with Gasteiger partial charge in [0.1, 0.15) is 23.7 Å². The van der Waals surface area contributed by atoms with Gasteiger partial charge in [-0.15, -0.1) is 0 Å². The van der Waals surface area contributed by atoms with E-state index in [9.17, 15) is 9.50 Å². The van der Waals surface area contributed by atoms with E-state index in [4.69, 9.17) is 15.2 Å². The second kappa shape index (κ2) is 7.80. The number of nitrogens with zero attached hydrogens (tertiary/aromatic N) is 2. The molecule has 2 aliphatic rings. The Morgan fingerprint density at radius 2 is 1.94 bits per heavy atom. The summed E-state index contributed by atoms with van der Waals surface area (Å²) in [6, 6.07) is 7.42. The average molecular weight is 427 g/mol. The van der Waals surface area contributed by atoms with Gasteiger partial charge in [-0.05, 0) is 35.7 Å². The molecule has 3 heterocycles. The van der Waals surface area contributed by atoms with Gasteiger partial charge >= 0.3 is 0 Å². The average Bonchev–Trinajstić information content (AvgIpc) is 3.26. The van der Waals surface area contributed by atoms with Gasteiger partial charge in [0.15, 0.2) is 0 Å². The van der Waals surface area contributed by atoms with E-state index in [1.165, 1.54) is 12.1 Å². The first kappa shape index (κ1) is 20.3. The minimum Gasteiger partial charge on any atom is -0.383 e. The zero-order chi connectivity index (χ0) is 21.7. The molecule has 0 saturated carbocycles. The highest BCUT2D eigenvalue weighted by atomic mass is 19.1. The smallest absolute Gasteiger partial charge is 0.137 e. The minimum atomic E-state index is -1.21. The van der Waals surface area contributed by atoms with Crippen molar-refractivity contribution in [1.82, 2.24) is 9.88 Å². The summed E-state index contributed by atoms with van der Waals surface area (Å²) < 4.78 is 40.0. The van der Waals surface area contributed by atoms with Crippen molar-refractivity contribution in [2.45, 2.75) is 32.4 Å². The van der Waals surface area contributed by atoms with Gasteiger partial charge in [0.2, 0.25) is 0 Å². The molecule has 5 rings (SSSR count). The van der Waals surface area contributed by atoms with E-state index >= 15 is 4.39 Å². The van der Waals surface area contributed by atoms with E-state index in [-0.39, 0.29) is 17.4 Å². The van der Waals surface area contributed by atoms with Crippen LogP contribution >= 0.6 is 0 Å². The number of aromatic nitrogens is 1. The third kappa shape index (κ3) is 3.45. The predicted molar refractivity (Wildman–Crippen MR) is 111 cm³/mol. The standard InChI is InChI=1S/C23H23F2N3O3/c1-12-6-13(2-3-18(12)24)21-11-30-5-4-28(21)23(29)15-7-14-16-9-31-10-17(16)22(26)27-20(14)8-19(15)25/h2-3,6-8,21,23,29H,4-5,9-11H2,1H3,(H2,26,27). The predicted octanol–water partition coefficient (Wildman–Crippen LogP) is 3.50. The molecular formula is C23H23F2N3O3. The Kier molecular flexibility index (Phi) is 5.10. The summed E-state index contributed by atoms with van der Waals surface area (Å²) in [7, 11) is 0. The maximum atomic E-state index is 15.1. The van der Waals surface area contributed by atoms with Crippen LogP contribution in [0.1, 0.15) is 40.1 Å². The Balaban J connectivity index is 1.56. The zero-order valence-electron chi connectivity index (χ0n) is 17.1. The van der Waals surface area contributed by atoms with Crippen LogP contribution in [0, 0.1) is 18.6 Å². The first-order valence-corrected chi connectivity index (χ1v) is 10.2. The van der Waals surface area contributed by atoms with Crippen LogP contribution in [0.5, 0.6) is 0 Å². The second-order valence-corrected chi connectivity index (χ2v) is 8.05. The molecule has 3 N–H and O–H groups in total. The highest BCUT2D eigenvalue weighted by molar-refractivity contribution is 5.86. The molecule has 0 aliphatic carbocycles. The van der Waals surface area contributed by atoms with Gasteiger partial charge in [0, 0.05) is 29.1 Å². The molecule has 0 spiro atoms. The molecule has 6 nitrogen and oxygen atoms in total. The summed E-state index contributed by atoms with van der Waals surface area (Å²) in [4.78, 5) is 6.09. The molecule has 162 valence electrons. The van der Waals surface area contributed by atoms with Crippen LogP contribution < -0.4 is 5.73 Å². The number of hydrogen-bond acceptors (Lipinski definition) is 6. The van der Waals surface area contributed by atoms with Gasteiger partial charge in [-0.25, -0.2) is 13.8 Å². The largest absolute Gasteiger partial charge is 0.383 e. The Bertz CT molecular complexity index is 1170. The number of pyridine rings is 1. The quantitative estimate of drug-likeness (QED) is 0.666. The SMILES string of the molecule is Cc1cc(C2COCCN2C(O)c2cc3c4c(c(N)nc3cc2F)COC4)ccc1F. The van der Waals surface area contributed by atoms with E-state index in [0.717, 1.165) is 22.1 Å². The number of benzene rings is 2. The maximum absolute atomic E-state index is 15.1. The van der Waals surface area contributed by atoms with Crippen molar-refractivity contribution in [3.63, 3.8) is 0 Å². The van der Waals surface area contributed by atoms with Gasteiger partial charge in [0.05, 0.1) is 38.0 Å². The van der Waals surface area contributed by atoms with Crippen LogP contribution in [0.2, 0.25) is 0 Å². The molecular weight excluding hydrogens is 404 g/mol. The highest BCUT2D eigenvalue weighted by Crippen LogP contribution is 2.37. The number of aliphatic hydroxyl groups excluding tert-OH is 1. The highest BCUT2D eigenvalue weighted by Gasteiger charge is 2.33. The van der Waals surface area contributed by atoms with E-state index in [1.54, 1.807) is 30.0 Å². The number of halogens is 2. The lowest BCUT2D eigenvalue weighted by Gasteiger charge is -2.39. The van der Waals surface area contributed by atoms with Crippen molar-refractivity contribution < 1.29 is 23.4 Å². The Morgan fingerprint density at radius 3 is 2.74 bits per heavy atom. The molecule has 0 bridgehead atoms. The number of aryl methyl sites for hydroxylation is 1. The maximum Gasteiger partial charge on any atom is 0.137 e. The fraction of sp³-hybridized carbons (Fsp3) is 0.348. The lowest BCUT2D eigenvalue weighted by atomic mass is 9.98. The number of rotatable bonds is 3. The van der Waals surface area contributed by atoms with E-state index in [0.29, 0.717) is 49.9 Å². The normalized spacial score (nSPS) is 20.2. The third-order valence-electron chi connectivity index (χ3n) is 6.18. The number of anilines is 1. The number of ether oxygens (including phenoxy) is 2. The molecule has 2 unspecified atom stereocenters. The molecule has 8 heteroatoms. The van der Waals surface area contributed by atoms with Crippen LogP contribution in [-0.4, -0.2) is 34.7 Å². The molecule has 31 heavy (non-hydrogen) atoms. The topological polar surface area (TPSA) is 80.8 Å². The Morgan fingerprint density at radius 1 is 1.13 bits per heavy atom. The molecule has 3 aromatic rings. The molecule has 0 radical (unpaired) electrons. The van der Waals surface area contributed by atoms with Crippen molar-refractivity contribution in [2.24, 2.45) is 0 Å². The Hall–Kier alpha value is -2.65. The van der Waals surface area contributed by atoms with Gasteiger partial charge < -0.3 is 20.3 Å². The van der Waals surface area contributed by atoms with Gasteiger partial charge in [-0.2, -0.15) is 0 Å². The van der Waals surface area contributed by atoms with E-state index < -0.39 is 12.0 Å². The number of morpholine rings is 1. The summed E-state index contributed by atoms with van der Waals surface area (Å²) in [5.41, 5.74) is 9.59. The first-order valence-electron chi connectivity index (χ1n) is 10.2. The molecule has 1 saturated heterocycles. The number of aliphatic hydroxyl groups is 1. The van der Waals surface area contributed by atoms with Crippen molar-refractivity contribution in [2.75, 3.05) is 25.5 Å². The summed E-state index contributed by atoms with van der Waals surface area (Å²) in [6.07, 6.45) is -1.21. The fourth-order valence-corrected chi connectivity index (χ4v) is 4.46. The van der Waals surface area contributed by atoms with Crippen LogP contribution in [-0.2, 0) is 22.7 Å². The molecule has 1 fully saturated rings.